The molecule has 1 spiro atoms. The summed E-state index contributed by atoms with van der Waals surface area (Å²) in [4.78, 5) is 23.3. The maximum Gasteiger partial charge on any atom is 0.393 e. The molecule has 0 radical (unpaired) electrons. The molecule has 1 N–H and O–H groups in total. The van der Waals surface area contributed by atoms with Crippen molar-refractivity contribution in [1.82, 2.24) is 9.97 Å². The molecule has 5 nitrogen and oxygen atoms in total. The minimum absolute atomic E-state index is 0.0616. The van der Waals surface area contributed by atoms with E-state index in [0.717, 1.165) is 66.1 Å². The number of thiophene rings is 1. The van der Waals surface area contributed by atoms with Crippen LogP contribution in [0.1, 0.15) is 35.3 Å². The van der Waals surface area contributed by atoms with Crippen LogP contribution in [-0.2, 0) is 24.1 Å². The predicted molar refractivity (Wildman–Crippen MR) is 122 cm³/mol. The molecular weight excluding hydrogens is 449 g/mol. The highest BCUT2D eigenvalue weighted by atomic mass is 32.1. The summed E-state index contributed by atoms with van der Waals surface area (Å²) in [6.45, 7) is 1.78. The van der Waals surface area contributed by atoms with Crippen LogP contribution in [0.2, 0.25) is 0 Å². The van der Waals surface area contributed by atoms with Gasteiger partial charge in [-0.1, -0.05) is 12.1 Å². The van der Waals surface area contributed by atoms with Crippen molar-refractivity contribution >= 4 is 39.0 Å². The monoisotopic (exact) mass is 472 g/mol. The third kappa shape index (κ3) is 3.96. The fraction of sp³-hybridized carbons (Fsp3) is 0.458. The van der Waals surface area contributed by atoms with Crippen LogP contribution >= 0.6 is 11.3 Å². The number of benzene rings is 1. The van der Waals surface area contributed by atoms with E-state index in [1.807, 2.05) is 6.07 Å². The van der Waals surface area contributed by atoms with Crippen molar-refractivity contribution in [2.75, 3.05) is 23.3 Å². The SMILES string of the molecule is O=C1Cc2cc(C[C@H]3CCC4(C3)CN(c3ncnc5sc(CC(F)(F)F)cc35)C4)ccc2N1. The van der Waals surface area contributed by atoms with Gasteiger partial charge in [0.05, 0.1) is 18.2 Å². The van der Waals surface area contributed by atoms with Crippen LogP contribution in [-0.4, -0.2) is 35.1 Å². The van der Waals surface area contributed by atoms with Gasteiger partial charge in [0.15, 0.2) is 0 Å². The number of hydrogen-bond acceptors (Lipinski definition) is 5. The van der Waals surface area contributed by atoms with Crippen LogP contribution in [0, 0.1) is 11.3 Å². The second-order valence-electron chi connectivity index (χ2n) is 9.81. The summed E-state index contributed by atoms with van der Waals surface area (Å²) in [5, 5.41) is 3.61. The molecule has 1 amide bonds. The Balaban J connectivity index is 1.12. The maximum atomic E-state index is 12.8. The summed E-state index contributed by atoms with van der Waals surface area (Å²) in [6.07, 6.45) is 1.28. The third-order valence-corrected chi connectivity index (χ3v) is 8.25. The number of amides is 1. The van der Waals surface area contributed by atoms with Crippen LogP contribution in [0.5, 0.6) is 0 Å². The largest absolute Gasteiger partial charge is 0.393 e. The quantitative estimate of drug-likeness (QED) is 0.571. The summed E-state index contributed by atoms with van der Waals surface area (Å²) >= 11 is 1.10. The van der Waals surface area contributed by atoms with Gasteiger partial charge >= 0.3 is 6.18 Å². The van der Waals surface area contributed by atoms with Crippen molar-refractivity contribution in [3.05, 3.63) is 46.6 Å². The van der Waals surface area contributed by atoms with Gasteiger partial charge < -0.3 is 10.2 Å². The highest BCUT2D eigenvalue weighted by molar-refractivity contribution is 7.18. The number of aromatic nitrogens is 2. The van der Waals surface area contributed by atoms with Crippen molar-refractivity contribution < 1.29 is 18.0 Å². The number of nitrogens with one attached hydrogen (secondary N) is 1. The number of carbonyl (C=O) groups excluding carboxylic acids is 1. The van der Waals surface area contributed by atoms with E-state index < -0.39 is 12.6 Å². The van der Waals surface area contributed by atoms with Gasteiger partial charge in [-0.25, -0.2) is 9.97 Å². The zero-order chi connectivity index (χ0) is 22.8. The smallest absolute Gasteiger partial charge is 0.355 e. The van der Waals surface area contributed by atoms with Gasteiger partial charge in [-0.2, -0.15) is 13.2 Å². The van der Waals surface area contributed by atoms with Gasteiger partial charge in [0.25, 0.3) is 0 Å². The zero-order valence-corrected chi connectivity index (χ0v) is 18.7. The molecule has 3 aromatic rings. The van der Waals surface area contributed by atoms with Crippen LogP contribution in [0.25, 0.3) is 10.2 Å². The molecule has 9 heteroatoms. The topological polar surface area (TPSA) is 58.1 Å². The van der Waals surface area contributed by atoms with Gasteiger partial charge in [0.1, 0.15) is 17.0 Å². The number of hydrogen-bond donors (Lipinski definition) is 1. The van der Waals surface area contributed by atoms with E-state index in [1.54, 1.807) is 6.07 Å². The molecule has 33 heavy (non-hydrogen) atoms. The molecule has 1 aromatic carbocycles. The first-order valence-corrected chi connectivity index (χ1v) is 12.0. The Bertz CT molecular complexity index is 1250. The molecule has 1 aliphatic carbocycles. The molecule has 0 unspecified atom stereocenters. The number of fused-ring (bicyclic) bond motifs is 2. The minimum atomic E-state index is -4.22. The summed E-state index contributed by atoms with van der Waals surface area (Å²) in [5.41, 5.74) is 3.58. The lowest BCUT2D eigenvalue weighted by Crippen LogP contribution is -2.55. The van der Waals surface area contributed by atoms with Gasteiger partial charge in [0, 0.05) is 29.1 Å². The zero-order valence-electron chi connectivity index (χ0n) is 17.9. The molecule has 6 rings (SSSR count). The van der Waals surface area contributed by atoms with Crippen molar-refractivity contribution in [3.8, 4) is 0 Å². The van der Waals surface area contributed by atoms with E-state index in [1.165, 1.54) is 18.3 Å². The Morgan fingerprint density at radius 1 is 1.21 bits per heavy atom. The molecule has 1 saturated heterocycles. The number of nitrogens with zero attached hydrogens (tertiary/aromatic N) is 3. The van der Waals surface area contributed by atoms with E-state index in [0.29, 0.717) is 17.2 Å². The molecule has 2 fully saturated rings. The van der Waals surface area contributed by atoms with E-state index in [2.05, 4.69) is 32.3 Å². The van der Waals surface area contributed by atoms with Crippen LogP contribution in [0.3, 0.4) is 0 Å². The highest BCUT2D eigenvalue weighted by Crippen LogP contribution is 2.51. The number of alkyl halides is 3. The fourth-order valence-electron chi connectivity index (χ4n) is 5.87. The van der Waals surface area contributed by atoms with Crippen molar-refractivity contribution in [1.29, 1.82) is 0 Å². The second kappa shape index (κ2) is 7.41. The van der Waals surface area contributed by atoms with Crippen LogP contribution < -0.4 is 10.2 Å². The molecule has 172 valence electrons. The first-order chi connectivity index (χ1) is 15.8. The minimum Gasteiger partial charge on any atom is -0.355 e. The van der Waals surface area contributed by atoms with Gasteiger partial charge in [-0.3, -0.25) is 4.79 Å². The van der Waals surface area contributed by atoms with Crippen LogP contribution in [0.4, 0.5) is 24.7 Å². The Kier molecular flexibility index (Phi) is 4.69. The Hall–Kier alpha value is -2.68. The molecule has 4 heterocycles. The first kappa shape index (κ1) is 20.9. The van der Waals surface area contributed by atoms with E-state index >= 15 is 0 Å². The molecular formula is C24H23F3N4OS. The molecule has 2 aliphatic heterocycles. The normalized spacial score (nSPS) is 21.5. The first-order valence-electron chi connectivity index (χ1n) is 11.2. The Labute approximate surface area is 193 Å². The maximum absolute atomic E-state index is 12.8. The number of anilines is 2. The number of rotatable bonds is 4. The number of carbonyl (C=O) groups is 1. The summed E-state index contributed by atoms with van der Waals surface area (Å²) in [7, 11) is 0. The molecule has 0 bridgehead atoms. The standard InChI is InChI=1S/C24H23F3N4OS/c25-24(26,27)10-17-8-18-21(28-13-29-22(18)33-17)31-11-23(12-31)4-3-15(9-23)5-14-1-2-19-16(6-14)7-20(32)30-19/h1-2,6,8,13,15H,3-5,7,9-12H2,(H,30,32)/t15-/m1/s1. The Morgan fingerprint density at radius 2 is 2.06 bits per heavy atom. The lowest BCUT2D eigenvalue weighted by molar-refractivity contribution is -0.126. The van der Waals surface area contributed by atoms with Crippen LogP contribution in [0.15, 0.2) is 30.6 Å². The van der Waals surface area contributed by atoms with Crippen molar-refractivity contribution in [3.63, 3.8) is 0 Å². The van der Waals surface area contributed by atoms with Gasteiger partial charge in [0.2, 0.25) is 5.91 Å². The molecule has 1 saturated carbocycles. The van der Waals surface area contributed by atoms with Crippen molar-refractivity contribution in [2.45, 2.75) is 44.7 Å². The predicted octanol–water partition coefficient (Wildman–Crippen LogP) is 5.14. The average molecular weight is 473 g/mol. The lowest BCUT2D eigenvalue weighted by atomic mass is 9.77. The molecule has 1 atom stereocenters. The van der Waals surface area contributed by atoms with E-state index in [-0.39, 0.29) is 16.2 Å². The van der Waals surface area contributed by atoms with Gasteiger partial charge in [-0.05, 0) is 54.9 Å². The highest BCUT2D eigenvalue weighted by Gasteiger charge is 2.48. The van der Waals surface area contributed by atoms with E-state index in [9.17, 15) is 18.0 Å². The van der Waals surface area contributed by atoms with E-state index in [4.69, 9.17) is 0 Å². The summed E-state index contributed by atoms with van der Waals surface area (Å²) in [5.74, 6) is 1.43. The van der Waals surface area contributed by atoms with Crippen molar-refractivity contribution in [2.24, 2.45) is 11.3 Å². The third-order valence-electron chi connectivity index (χ3n) is 7.21. The van der Waals surface area contributed by atoms with Gasteiger partial charge in [-0.15, -0.1) is 11.3 Å². The summed E-state index contributed by atoms with van der Waals surface area (Å²) in [6, 6.07) is 7.91. The number of halogens is 3. The lowest BCUT2D eigenvalue weighted by Gasteiger charge is -2.49. The fourth-order valence-corrected chi connectivity index (χ4v) is 6.90. The molecule has 2 aromatic heterocycles. The Morgan fingerprint density at radius 3 is 2.88 bits per heavy atom. The summed E-state index contributed by atoms with van der Waals surface area (Å²) < 4.78 is 38.5. The second-order valence-corrected chi connectivity index (χ2v) is 10.9. The average Bonchev–Trinajstić information content (AvgIpc) is 3.40. The molecule has 3 aliphatic rings.